The molecule has 9 heteroatoms. The summed E-state index contributed by atoms with van der Waals surface area (Å²) >= 11 is 0. The van der Waals surface area contributed by atoms with Crippen LogP contribution in [0.1, 0.15) is 17.0 Å². The molecule has 1 unspecified atom stereocenters. The maximum absolute atomic E-state index is 13.2. The van der Waals surface area contributed by atoms with Gasteiger partial charge in [-0.05, 0) is 23.3 Å². The van der Waals surface area contributed by atoms with Gasteiger partial charge in [-0.15, -0.1) is 0 Å². The van der Waals surface area contributed by atoms with Crippen molar-refractivity contribution in [2.24, 2.45) is 5.73 Å². The molecule has 2 N–H and O–H groups in total. The van der Waals surface area contributed by atoms with Gasteiger partial charge in [0.15, 0.2) is 0 Å². The lowest BCUT2D eigenvalue weighted by molar-refractivity contribution is -0.139. The number of benzene rings is 2. The van der Waals surface area contributed by atoms with Gasteiger partial charge in [-0.25, -0.2) is 9.59 Å². The zero-order valence-electron chi connectivity index (χ0n) is 19.2. The van der Waals surface area contributed by atoms with Crippen LogP contribution >= 0.6 is 0 Å². The first-order valence-electron chi connectivity index (χ1n) is 10.7. The van der Waals surface area contributed by atoms with Gasteiger partial charge in [0, 0.05) is 12.4 Å². The Kier molecular flexibility index (Phi) is 6.64. The molecule has 2 aromatic carbocycles. The Labute approximate surface area is 202 Å². The number of carbonyl (C=O) groups excluding carboxylic acids is 2. The molecule has 1 atom stereocenters. The summed E-state index contributed by atoms with van der Waals surface area (Å²) in [4.78, 5) is 27.8. The van der Waals surface area contributed by atoms with Crippen LogP contribution in [0.2, 0.25) is 0 Å². The molecule has 1 aliphatic heterocycles. The van der Waals surface area contributed by atoms with Crippen molar-refractivity contribution in [1.29, 1.82) is 5.26 Å². The fourth-order valence-electron chi connectivity index (χ4n) is 4.19. The predicted molar refractivity (Wildman–Crippen MR) is 127 cm³/mol. The van der Waals surface area contributed by atoms with Gasteiger partial charge >= 0.3 is 11.9 Å². The largest absolute Gasteiger partial charge is 0.466 e. The number of nitrogens with zero attached hydrogens (tertiary/aromatic N) is 4. The van der Waals surface area contributed by atoms with Crippen molar-refractivity contribution in [2.45, 2.75) is 12.5 Å². The van der Waals surface area contributed by atoms with E-state index in [1.165, 1.54) is 19.1 Å². The van der Waals surface area contributed by atoms with E-state index < -0.39 is 17.9 Å². The van der Waals surface area contributed by atoms with Gasteiger partial charge in [0.05, 0.1) is 49.6 Å². The molecule has 0 radical (unpaired) electrons. The van der Waals surface area contributed by atoms with Crippen LogP contribution in [0.15, 0.2) is 95.7 Å². The van der Waals surface area contributed by atoms with Crippen LogP contribution in [0.3, 0.4) is 0 Å². The number of aromatic nitrogens is 2. The Balaban J connectivity index is 2.02. The molecule has 0 spiro atoms. The van der Waals surface area contributed by atoms with Crippen molar-refractivity contribution in [3.8, 4) is 6.07 Å². The summed E-state index contributed by atoms with van der Waals surface area (Å²) in [5.41, 5.74) is 8.41. The van der Waals surface area contributed by atoms with Crippen LogP contribution in [-0.2, 0) is 25.6 Å². The molecule has 1 aromatic heterocycles. The highest BCUT2D eigenvalue weighted by Crippen LogP contribution is 2.43. The zero-order valence-corrected chi connectivity index (χ0v) is 19.2. The highest BCUT2D eigenvalue weighted by atomic mass is 16.5. The summed E-state index contributed by atoms with van der Waals surface area (Å²) in [6.45, 7) is 0.360. The highest BCUT2D eigenvalue weighted by molar-refractivity contribution is 6.06. The number of allylic oxidation sites excluding steroid dienone is 1. The van der Waals surface area contributed by atoms with Gasteiger partial charge in [0.25, 0.3) is 0 Å². The number of rotatable bonds is 6. The lowest BCUT2D eigenvalue weighted by atomic mass is 9.80. The number of esters is 2. The third-order valence-corrected chi connectivity index (χ3v) is 5.73. The fraction of sp³-hybridized carbons (Fsp3) is 0.154. The summed E-state index contributed by atoms with van der Waals surface area (Å²) in [6.07, 6.45) is 3.46. The van der Waals surface area contributed by atoms with Gasteiger partial charge in [0.1, 0.15) is 11.5 Å². The predicted octanol–water partition coefficient (Wildman–Crippen LogP) is 2.83. The molecule has 0 saturated heterocycles. The summed E-state index contributed by atoms with van der Waals surface area (Å²) in [7, 11) is 2.44. The van der Waals surface area contributed by atoms with Crippen LogP contribution in [0, 0.1) is 11.3 Å². The van der Waals surface area contributed by atoms with E-state index in [4.69, 9.17) is 15.2 Å². The second-order valence-electron chi connectivity index (χ2n) is 7.67. The molecule has 176 valence electrons. The topological polar surface area (TPSA) is 123 Å². The van der Waals surface area contributed by atoms with E-state index in [9.17, 15) is 14.9 Å². The van der Waals surface area contributed by atoms with Gasteiger partial charge < -0.3 is 15.2 Å². The van der Waals surface area contributed by atoms with Crippen molar-refractivity contribution >= 4 is 17.6 Å². The van der Waals surface area contributed by atoms with Crippen LogP contribution in [-0.4, -0.2) is 35.9 Å². The lowest BCUT2D eigenvalue weighted by Gasteiger charge is -2.36. The van der Waals surface area contributed by atoms with Crippen LogP contribution < -0.4 is 10.6 Å². The second-order valence-corrected chi connectivity index (χ2v) is 7.67. The Morgan fingerprint density at radius 3 is 2.34 bits per heavy atom. The minimum atomic E-state index is -0.919. The van der Waals surface area contributed by atoms with Crippen molar-refractivity contribution in [1.82, 2.24) is 9.78 Å². The third kappa shape index (κ3) is 4.25. The summed E-state index contributed by atoms with van der Waals surface area (Å²) in [6, 6.07) is 20.1. The first kappa shape index (κ1) is 23.3. The molecule has 4 rings (SSSR count). The number of hydrogen-bond acceptors (Lipinski definition) is 8. The van der Waals surface area contributed by atoms with Gasteiger partial charge in [-0.3, -0.25) is 9.58 Å². The van der Waals surface area contributed by atoms with E-state index in [-0.39, 0.29) is 22.7 Å². The number of para-hydroxylation sites is 1. The van der Waals surface area contributed by atoms with E-state index in [1.807, 2.05) is 18.2 Å². The Morgan fingerprint density at radius 2 is 1.71 bits per heavy atom. The lowest BCUT2D eigenvalue weighted by Crippen LogP contribution is -2.41. The maximum Gasteiger partial charge on any atom is 0.355 e. The Hall–Kier alpha value is -4.84. The highest BCUT2D eigenvalue weighted by Gasteiger charge is 2.43. The Bertz CT molecular complexity index is 1350. The van der Waals surface area contributed by atoms with Crippen molar-refractivity contribution in [2.75, 3.05) is 19.1 Å². The molecule has 3 aromatic rings. The molecule has 0 amide bonds. The minimum absolute atomic E-state index is 0.0160. The van der Waals surface area contributed by atoms with Crippen LogP contribution in [0.5, 0.6) is 0 Å². The van der Waals surface area contributed by atoms with Crippen molar-refractivity contribution in [3.05, 3.63) is 107 Å². The summed E-state index contributed by atoms with van der Waals surface area (Å²) < 4.78 is 11.9. The minimum Gasteiger partial charge on any atom is -0.466 e. The zero-order chi connectivity index (χ0) is 24.9. The fourth-order valence-corrected chi connectivity index (χ4v) is 4.19. The van der Waals surface area contributed by atoms with Crippen molar-refractivity contribution in [3.63, 3.8) is 0 Å². The smallest absolute Gasteiger partial charge is 0.355 e. The number of nitriles is 1. The first-order chi connectivity index (χ1) is 17.0. The number of nitrogens with two attached hydrogens (primary N) is 1. The molecule has 0 fully saturated rings. The third-order valence-electron chi connectivity index (χ3n) is 5.73. The molecule has 0 saturated carbocycles. The molecule has 9 nitrogen and oxygen atoms in total. The summed E-state index contributed by atoms with van der Waals surface area (Å²) in [5.74, 6) is -2.46. The number of methoxy groups -OCH3 is 2. The van der Waals surface area contributed by atoms with E-state index in [2.05, 4.69) is 11.2 Å². The van der Waals surface area contributed by atoms with E-state index in [0.717, 1.165) is 5.56 Å². The number of hydrogen-bond donors (Lipinski definition) is 1. The van der Waals surface area contributed by atoms with E-state index in [1.54, 1.807) is 59.5 Å². The molecule has 35 heavy (non-hydrogen) atoms. The maximum atomic E-state index is 13.2. The molecular formula is C26H23N5O4. The molecule has 0 aliphatic carbocycles. The number of carbonyl (C=O) groups is 2. The average molecular weight is 470 g/mol. The first-order valence-corrected chi connectivity index (χ1v) is 10.7. The monoisotopic (exact) mass is 469 g/mol. The standard InChI is InChI=1S/C26H23N5O4/c1-34-25(32)22-21(17-9-4-3-5-10-17)19(15-27)24(28)31(23(22)26(33)35-2)20-12-7-6-11-18(20)16-30-14-8-13-29-30/h3-14,21H,16,28H2,1-2H3. The molecule has 2 heterocycles. The SMILES string of the molecule is COC(=O)C1=C(C(=O)OC)N(c2ccccc2Cn2cccn2)C(N)=C(C#N)C1c1ccccc1. The van der Waals surface area contributed by atoms with Crippen LogP contribution in [0.4, 0.5) is 5.69 Å². The van der Waals surface area contributed by atoms with Gasteiger partial charge in [-0.1, -0.05) is 48.5 Å². The molecule has 1 aliphatic rings. The van der Waals surface area contributed by atoms with Gasteiger partial charge in [-0.2, -0.15) is 10.4 Å². The normalized spacial score (nSPS) is 15.6. The van der Waals surface area contributed by atoms with Crippen molar-refractivity contribution < 1.29 is 19.1 Å². The quantitative estimate of drug-likeness (QED) is 0.547. The average Bonchev–Trinajstić information content (AvgIpc) is 3.41. The summed E-state index contributed by atoms with van der Waals surface area (Å²) in [5, 5.41) is 14.4. The van der Waals surface area contributed by atoms with E-state index in [0.29, 0.717) is 17.8 Å². The van der Waals surface area contributed by atoms with E-state index >= 15 is 0 Å². The number of ether oxygens (including phenoxy) is 2. The van der Waals surface area contributed by atoms with Gasteiger partial charge in [0.2, 0.25) is 0 Å². The second kappa shape index (κ2) is 9.97. The number of anilines is 1. The van der Waals surface area contributed by atoms with Crippen LogP contribution in [0.25, 0.3) is 0 Å². The molecular weight excluding hydrogens is 446 g/mol. The Morgan fingerprint density at radius 1 is 1.03 bits per heavy atom. The molecule has 0 bridgehead atoms.